The van der Waals surface area contributed by atoms with E-state index in [9.17, 15) is 4.79 Å². The average molecular weight is 369 g/mol. The summed E-state index contributed by atoms with van der Waals surface area (Å²) >= 11 is 1.34. The van der Waals surface area contributed by atoms with Crippen molar-refractivity contribution in [1.29, 1.82) is 0 Å². The smallest absolute Gasteiger partial charge is 0.348 e. The van der Waals surface area contributed by atoms with Crippen molar-refractivity contribution in [2.24, 2.45) is 0 Å². The third-order valence-corrected chi connectivity index (χ3v) is 5.27. The maximum atomic E-state index is 12.3. The fourth-order valence-electron chi connectivity index (χ4n) is 2.72. The number of carbonyl (C=O) groups excluding carboxylic acids is 1. The summed E-state index contributed by atoms with van der Waals surface area (Å²) < 4.78 is 5.34. The van der Waals surface area contributed by atoms with Crippen LogP contribution in [0.5, 0.6) is 0 Å². The van der Waals surface area contributed by atoms with Crippen molar-refractivity contribution < 1.29 is 9.53 Å². The lowest BCUT2D eigenvalue weighted by atomic mass is 10.0. The molecular formula is C20H23N3O2S. The van der Waals surface area contributed by atoms with E-state index in [4.69, 9.17) is 4.74 Å². The van der Waals surface area contributed by atoms with Gasteiger partial charge in [0.1, 0.15) is 21.9 Å². The fraction of sp³-hybridized carbons (Fsp3) is 0.350. The predicted octanol–water partition coefficient (Wildman–Crippen LogP) is 5.43. The molecule has 26 heavy (non-hydrogen) atoms. The Bertz CT molecular complexity index is 930. The molecule has 0 aliphatic heterocycles. The van der Waals surface area contributed by atoms with Gasteiger partial charge in [0.15, 0.2) is 0 Å². The molecule has 5 nitrogen and oxygen atoms in total. The molecule has 0 radical (unpaired) electrons. The van der Waals surface area contributed by atoms with Crippen LogP contribution in [-0.2, 0) is 4.74 Å². The molecule has 3 rings (SSSR count). The molecule has 1 N–H and O–H groups in total. The van der Waals surface area contributed by atoms with Gasteiger partial charge in [-0.15, -0.1) is 11.3 Å². The highest BCUT2D eigenvalue weighted by Crippen LogP contribution is 2.35. The molecule has 0 atom stereocenters. The van der Waals surface area contributed by atoms with Crippen molar-refractivity contribution in [3.05, 3.63) is 46.6 Å². The summed E-state index contributed by atoms with van der Waals surface area (Å²) in [5.41, 5.74) is 3.08. The Labute approximate surface area is 157 Å². The number of carbonyl (C=O) groups is 1. The number of hydrogen-bond acceptors (Lipinski definition) is 6. The van der Waals surface area contributed by atoms with Gasteiger partial charge in [-0.1, -0.05) is 26.0 Å². The van der Waals surface area contributed by atoms with Crippen LogP contribution in [0.25, 0.3) is 10.2 Å². The van der Waals surface area contributed by atoms with E-state index >= 15 is 0 Å². The zero-order valence-electron chi connectivity index (χ0n) is 15.7. The number of fused-ring (bicyclic) bond motifs is 1. The van der Waals surface area contributed by atoms with E-state index in [-0.39, 0.29) is 12.1 Å². The van der Waals surface area contributed by atoms with Crippen LogP contribution in [0.2, 0.25) is 0 Å². The first kappa shape index (κ1) is 18.3. The minimum Gasteiger partial charge on any atom is -0.459 e. The Kier molecular flexibility index (Phi) is 5.23. The molecule has 0 spiro atoms. The maximum Gasteiger partial charge on any atom is 0.348 e. The topological polar surface area (TPSA) is 64.1 Å². The first-order chi connectivity index (χ1) is 12.4. The zero-order valence-corrected chi connectivity index (χ0v) is 16.5. The molecule has 0 aliphatic carbocycles. The molecule has 2 aromatic heterocycles. The van der Waals surface area contributed by atoms with E-state index in [0.29, 0.717) is 16.6 Å². The Morgan fingerprint density at radius 2 is 1.81 bits per heavy atom. The van der Waals surface area contributed by atoms with Gasteiger partial charge in [-0.25, -0.2) is 14.8 Å². The van der Waals surface area contributed by atoms with Crippen molar-refractivity contribution >= 4 is 39.0 Å². The van der Waals surface area contributed by atoms with Crippen LogP contribution in [0.15, 0.2) is 30.6 Å². The number of hydrogen-bond donors (Lipinski definition) is 1. The molecule has 0 fully saturated rings. The predicted molar refractivity (Wildman–Crippen MR) is 107 cm³/mol. The zero-order chi connectivity index (χ0) is 18.8. The molecule has 0 saturated heterocycles. The van der Waals surface area contributed by atoms with E-state index < -0.39 is 0 Å². The quantitative estimate of drug-likeness (QED) is 0.607. The molecule has 136 valence electrons. The van der Waals surface area contributed by atoms with Crippen LogP contribution in [0.4, 0.5) is 11.5 Å². The Balaban J connectivity index is 1.96. The number of nitrogens with zero attached hydrogens (tertiary/aromatic N) is 2. The van der Waals surface area contributed by atoms with Crippen LogP contribution >= 0.6 is 11.3 Å². The summed E-state index contributed by atoms with van der Waals surface area (Å²) in [4.78, 5) is 22.4. The fourth-order valence-corrected chi connectivity index (χ4v) is 3.75. The first-order valence-electron chi connectivity index (χ1n) is 8.69. The Hall–Kier alpha value is -2.47. The van der Waals surface area contributed by atoms with Gasteiger partial charge in [-0.3, -0.25) is 0 Å². The highest BCUT2D eigenvalue weighted by Gasteiger charge is 2.21. The van der Waals surface area contributed by atoms with Gasteiger partial charge in [0.05, 0.1) is 11.5 Å². The Morgan fingerprint density at radius 1 is 1.12 bits per heavy atom. The maximum absolute atomic E-state index is 12.3. The van der Waals surface area contributed by atoms with Crippen molar-refractivity contribution in [2.75, 3.05) is 5.32 Å². The lowest BCUT2D eigenvalue weighted by molar-refractivity contribution is 0.0383. The average Bonchev–Trinajstić information content (AvgIpc) is 2.93. The summed E-state index contributed by atoms with van der Waals surface area (Å²) in [6.07, 6.45) is 1.36. The lowest BCUT2D eigenvalue weighted by Gasteiger charge is -2.10. The Morgan fingerprint density at radius 3 is 2.42 bits per heavy atom. The summed E-state index contributed by atoms with van der Waals surface area (Å²) in [7, 11) is 0. The molecule has 3 aromatic rings. The third kappa shape index (κ3) is 3.70. The molecule has 0 amide bonds. The van der Waals surface area contributed by atoms with Gasteiger partial charge in [0, 0.05) is 5.69 Å². The second kappa shape index (κ2) is 7.41. The van der Waals surface area contributed by atoms with Crippen LogP contribution < -0.4 is 5.32 Å². The van der Waals surface area contributed by atoms with E-state index in [0.717, 1.165) is 21.5 Å². The van der Waals surface area contributed by atoms with E-state index in [1.54, 1.807) is 0 Å². The summed E-state index contributed by atoms with van der Waals surface area (Å²) in [5.74, 6) is 0.876. The standard InChI is InChI=1S/C20H23N3O2S/c1-11(2)14-6-8-15(9-7-14)23-18-16-13(5)17(20(24)25-12(3)4)26-19(16)22-10-21-18/h6-12H,1-5H3,(H,21,22,23). The van der Waals surface area contributed by atoms with Crippen molar-refractivity contribution in [3.8, 4) is 0 Å². The van der Waals surface area contributed by atoms with Gasteiger partial charge in [0.2, 0.25) is 0 Å². The van der Waals surface area contributed by atoms with E-state index in [1.165, 1.54) is 23.2 Å². The number of nitrogens with one attached hydrogen (secondary N) is 1. The summed E-state index contributed by atoms with van der Waals surface area (Å²) in [6.45, 7) is 9.93. The minimum absolute atomic E-state index is 0.157. The van der Waals surface area contributed by atoms with Crippen molar-refractivity contribution in [2.45, 2.75) is 46.6 Å². The van der Waals surface area contributed by atoms with E-state index in [2.05, 4.69) is 41.3 Å². The van der Waals surface area contributed by atoms with Gasteiger partial charge < -0.3 is 10.1 Å². The molecule has 0 unspecified atom stereocenters. The normalized spacial score (nSPS) is 11.3. The number of aromatic nitrogens is 2. The molecule has 0 aliphatic rings. The number of esters is 1. The molecule has 0 saturated carbocycles. The number of rotatable bonds is 5. The third-order valence-electron chi connectivity index (χ3n) is 4.10. The van der Waals surface area contributed by atoms with Crippen LogP contribution in [-0.4, -0.2) is 22.0 Å². The van der Waals surface area contributed by atoms with Gasteiger partial charge in [0.25, 0.3) is 0 Å². The number of ether oxygens (including phenoxy) is 1. The van der Waals surface area contributed by atoms with Crippen LogP contribution in [0.3, 0.4) is 0 Å². The number of aryl methyl sites for hydroxylation is 1. The van der Waals surface area contributed by atoms with Crippen LogP contribution in [0, 0.1) is 6.92 Å². The number of benzene rings is 1. The second-order valence-electron chi connectivity index (χ2n) is 6.81. The lowest BCUT2D eigenvalue weighted by Crippen LogP contribution is -2.11. The molecule has 1 aromatic carbocycles. The van der Waals surface area contributed by atoms with Crippen LogP contribution in [0.1, 0.15) is 54.4 Å². The van der Waals surface area contributed by atoms with Gasteiger partial charge in [-0.05, 0) is 49.9 Å². The van der Waals surface area contributed by atoms with E-state index in [1.807, 2.05) is 32.9 Å². The summed E-state index contributed by atoms with van der Waals surface area (Å²) in [5, 5.41) is 4.21. The van der Waals surface area contributed by atoms with Crippen molar-refractivity contribution in [1.82, 2.24) is 9.97 Å². The van der Waals surface area contributed by atoms with Gasteiger partial charge in [-0.2, -0.15) is 0 Å². The summed E-state index contributed by atoms with van der Waals surface area (Å²) in [6, 6.07) is 8.30. The molecule has 0 bridgehead atoms. The SMILES string of the molecule is Cc1c(C(=O)OC(C)C)sc2ncnc(Nc3ccc(C(C)C)cc3)c12. The monoisotopic (exact) mass is 369 g/mol. The largest absolute Gasteiger partial charge is 0.459 e. The number of anilines is 2. The second-order valence-corrected chi connectivity index (χ2v) is 7.81. The molecule has 2 heterocycles. The highest BCUT2D eigenvalue weighted by atomic mass is 32.1. The van der Waals surface area contributed by atoms with Crippen molar-refractivity contribution in [3.63, 3.8) is 0 Å². The van der Waals surface area contributed by atoms with Gasteiger partial charge >= 0.3 is 5.97 Å². The first-order valence-corrected chi connectivity index (χ1v) is 9.50. The molecule has 6 heteroatoms. The minimum atomic E-state index is -0.312. The molecular weight excluding hydrogens is 346 g/mol. The number of thiophene rings is 1. The highest BCUT2D eigenvalue weighted by molar-refractivity contribution is 7.20.